The van der Waals surface area contributed by atoms with Crippen molar-refractivity contribution in [3.8, 4) is 11.5 Å². The summed E-state index contributed by atoms with van der Waals surface area (Å²) < 4.78 is 75.7. The van der Waals surface area contributed by atoms with Crippen LogP contribution in [0.1, 0.15) is 205 Å². The molecule has 0 aliphatic rings. The topological polar surface area (TPSA) is 118 Å². The summed E-state index contributed by atoms with van der Waals surface area (Å²) in [5, 5.41) is 0. The molecular weight excluding hydrogens is 705 g/mol. The Kier molecular flexibility index (Phi) is 25.4. The number of hydrogen-bond donors (Lipinski definition) is 2. The molecule has 53 heavy (non-hydrogen) atoms. The Labute approximate surface area is 325 Å². The largest absolute Gasteiger partial charge is 0.456 e. The summed E-state index contributed by atoms with van der Waals surface area (Å²) in [6.07, 6.45) is 35.3. The Morgan fingerprint density at radius 3 is 1.11 bits per heavy atom. The Morgan fingerprint density at radius 1 is 0.396 bits per heavy atom. The van der Waals surface area contributed by atoms with E-state index in [-0.39, 0.29) is 15.5 Å². The van der Waals surface area contributed by atoms with E-state index < -0.39 is 20.2 Å². The van der Waals surface area contributed by atoms with Gasteiger partial charge in [-0.05, 0) is 61.1 Å². The van der Waals surface area contributed by atoms with Crippen LogP contribution in [0.3, 0.4) is 0 Å². The first-order valence-electron chi connectivity index (χ1n) is 21.5. The highest BCUT2D eigenvalue weighted by atomic mass is 32.2. The van der Waals surface area contributed by atoms with Crippen LogP contribution in [0.15, 0.2) is 46.2 Å². The van der Waals surface area contributed by atoms with Crippen molar-refractivity contribution in [3.05, 3.63) is 47.5 Å². The monoisotopic (exact) mass is 778 g/mol. The molecule has 2 aromatic carbocycles. The third-order valence-electron chi connectivity index (χ3n) is 10.5. The first-order valence-corrected chi connectivity index (χ1v) is 24.3. The standard InChI is InChI=1S/C44H74O7S2/c1-3-5-7-9-11-13-15-17-19-21-23-25-27-29-33-39-40(34-30-28-26-24-22-20-18-16-14-12-10-8-6-4-2)43(52(45,46)47)38-37-41(39)51-42-35-31-32-36-44(42)53(48,49)50/h31-32,35-38H,3-30,33-34H2,1-2H3,(H,45,46,47)(H,48,49,50). The quantitative estimate of drug-likeness (QED) is 0.0536. The van der Waals surface area contributed by atoms with Crippen LogP contribution in [-0.2, 0) is 33.1 Å². The minimum absolute atomic E-state index is 0.0285. The van der Waals surface area contributed by atoms with E-state index in [0.29, 0.717) is 29.7 Å². The molecule has 0 aromatic heterocycles. The molecule has 0 unspecified atom stereocenters. The molecule has 0 saturated carbocycles. The van der Waals surface area contributed by atoms with Gasteiger partial charge < -0.3 is 4.74 Å². The van der Waals surface area contributed by atoms with Crippen molar-refractivity contribution in [2.45, 2.75) is 216 Å². The summed E-state index contributed by atoms with van der Waals surface area (Å²) in [5.74, 6) is 0.322. The van der Waals surface area contributed by atoms with E-state index in [0.717, 1.165) is 44.9 Å². The molecule has 0 atom stereocenters. The zero-order valence-corrected chi connectivity index (χ0v) is 35.1. The Balaban J connectivity index is 1.99. The molecule has 2 aromatic rings. The van der Waals surface area contributed by atoms with Crippen molar-refractivity contribution in [3.63, 3.8) is 0 Å². The van der Waals surface area contributed by atoms with Gasteiger partial charge in [0.05, 0.1) is 4.90 Å². The molecule has 0 radical (unpaired) electrons. The second-order valence-electron chi connectivity index (χ2n) is 15.2. The van der Waals surface area contributed by atoms with E-state index in [1.807, 2.05) is 0 Å². The van der Waals surface area contributed by atoms with Crippen LogP contribution in [0, 0.1) is 0 Å². The predicted molar refractivity (Wildman–Crippen MR) is 221 cm³/mol. The van der Waals surface area contributed by atoms with Gasteiger partial charge in [0.1, 0.15) is 16.4 Å². The van der Waals surface area contributed by atoms with Crippen LogP contribution < -0.4 is 4.74 Å². The van der Waals surface area contributed by atoms with Crippen molar-refractivity contribution in [1.29, 1.82) is 0 Å². The second-order valence-corrected chi connectivity index (χ2v) is 18.0. The van der Waals surface area contributed by atoms with Gasteiger partial charge in [-0.1, -0.05) is 193 Å². The molecule has 7 nitrogen and oxygen atoms in total. The van der Waals surface area contributed by atoms with Crippen LogP contribution in [0.2, 0.25) is 0 Å². The van der Waals surface area contributed by atoms with Crippen LogP contribution in [-0.4, -0.2) is 25.9 Å². The molecule has 0 saturated heterocycles. The minimum atomic E-state index is -4.55. The molecule has 0 bridgehead atoms. The van der Waals surface area contributed by atoms with E-state index in [1.54, 1.807) is 6.07 Å². The summed E-state index contributed by atoms with van der Waals surface area (Å²) in [6, 6.07) is 8.74. The lowest BCUT2D eigenvalue weighted by Crippen LogP contribution is -2.09. The van der Waals surface area contributed by atoms with E-state index in [9.17, 15) is 25.9 Å². The Hall–Kier alpha value is -1.94. The number of rotatable bonds is 34. The molecule has 0 fully saturated rings. The summed E-state index contributed by atoms with van der Waals surface area (Å²) >= 11 is 0. The normalized spacial score (nSPS) is 12.1. The zero-order chi connectivity index (χ0) is 38.6. The van der Waals surface area contributed by atoms with Crippen LogP contribution in [0.4, 0.5) is 0 Å². The molecule has 2 rings (SSSR count). The predicted octanol–water partition coefficient (Wildman–Crippen LogP) is 14.0. The lowest BCUT2D eigenvalue weighted by Gasteiger charge is -2.19. The Bertz CT molecular complexity index is 1450. The Morgan fingerprint density at radius 2 is 0.736 bits per heavy atom. The van der Waals surface area contributed by atoms with Gasteiger partial charge in [-0.2, -0.15) is 16.8 Å². The van der Waals surface area contributed by atoms with Crippen molar-refractivity contribution in [2.24, 2.45) is 0 Å². The van der Waals surface area contributed by atoms with E-state index >= 15 is 0 Å². The fourth-order valence-electron chi connectivity index (χ4n) is 7.39. The molecule has 0 heterocycles. The number of benzene rings is 2. The zero-order valence-electron chi connectivity index (χ0n) is 33.4. The first-order chi connectivity index (χ1) is 25.6. The van der Waals surface area contributed by atoms with Gasteiger partial charge >= 0.3 is 0 Å². The van der Waals surface area contributed by atoms with Gasteiger partial charge in [0.2, 0.25) is 0 Å². The smallest absolute Gasteiger partial charge is 0.298 e. The van der Waals surface area contributed by atoms with Gasteiger partial charge in [0.25, 0.3) is 20.2 Å². The summed E-state index contributed by atoms with van der Waals surface area (Å²) in [5.41, 5.74) is 1.22. The van der Waals surface area contributed by atoms with Gasteiger partial charge in [-0.25, -0.2) is 0 Å². The second kappa shape index (κ2) is 28.5. The SMILES string of the molecule is CCCCCCCCCCCCCCCCc1c(Oc2ccccc2S(=O)(=O)O)ccc(S(=O)(=O)O)c1CCCCCCCCCCCCCCCC. The first kappa shape index (κ1) is 47.2. The van der Waals surface area contributed by atoms with Gasteiger partial charge in [0, 0.05) is 0 Å². The summed E-state index contributed by atoms with van der Waals surface area (Å²) in [6.45, 7) is 4.50. The molecule has 0 aliphatic heterocycles. The van der Waals surface area contributed by atoms with Crippen molar-refractivity contribution < 1.29 is 30.7 Å². The lowest BCUT2D eigenvalue weighted by molar-refractivity contribution is 0.443. The van der Waals surface area contributed by atoms with Crippen LogP contribution in [0.25, 0.3) is 0 Å². The van der Waals surface area contributed by atoms with E-state index in [1.165, 1.54) is 165 Å². The average Bonchev–Trinajstić information content (AvgIpc) is 3.12. The number of hydrogen-bond acceptors (Lipinski definition) is 5. The fraction of sp³-hybridized carbons (Fsp3) is 0.727. The highest BCUT2D eigenvalue weighted by Crippen LogP contribution is 2.36. The third-order valence-corrected chi connectivity index (χ3v) is 12.4. The maximum atomic E-state index is 12.6. The average molecular weight is 779 g/mol. The number of unbranched alkanes of at least 4 members (excludes halogenated alkanes) is 26. The maximum Gasteiger partial charge on any atom is 0.298 e. The molecule has 0 amide bonds. The van der Waals surface area contributed by atoms with Crippen molar-refractivity contribution in [2.75, 3.05) is 0 Å². The minimum Gasteiger partial charge on any atom is -0.456 e. The van der Waals surface area contributed by atoms with Gasteiger partial charge in [0.15, 0.2) is 0 Å². The van der Waals surface area contributed by atoms with Crippen molar-refractivity contribution in [1.82, 2.24) is 0 Å². The molecule has 0 aliphatic carbocycles. The maximum absolute atomic E-state index is 12.6. The van der Waals surface area contributed by atoms with Crippen molar-refractivity contribution >= 4 is 20.2 Å². The fourth-order valence-corrected chi connectivity index (χ4v) is 8.79. The molecule has 304 valence electrons. The summed E-state index contributed by atoms with van der Waals surface area (Å²) in [7, 11) is -9.04. The number of para-hydroxylation sites is 1. The van der Waals surface area contributed by atoms with Crippen LogP contribution >= 0.6 is 0 Å². The lowest BCUT2D eigenvalue weighted by atomic mass is 9.95. The highest BCUT2D eigenvalue weighted by Gasteiger charge is 2.24. The molecule has 9 heteroatoms. The highest BCUT2D eigenvalue weighted by molar-refractivity contribution is 7.86. The van der Waals surface area contributed by atoms with E-state index in [4.69, 9.17) is 4.74 Å². The van der Waals surface area contributed by atoms with E-state index in [2.05, 4.69) is 13.8 Å². The summed E-state index contributed by atoms with van der Waals surface area (Å²) in [4.78, 5) is -0.460. The molecule has 2 N–H and O–H groups in total. The molecule has 0 spiro atoms. The third kappa shape index (κ3) is 21.1. The number of ether oxygens (including phenoxy) is 1. The van der Waals surface area contributed by atoms with Crippen LogP contribution in [0.5, 0.6) is 11.5 Å². The molecular formula is C44H74O7S2. The van der Waals surface area contributed by atoms with Gasteiger partial charge in [-0.3, -0.25) is 9.11 Å². The van der Waals surface area contributed by atoms with Gasteiger partial charge in [-0.15, -0.1) is 0 Å².